The Labute approximate surface area is 169 Å². The van der Waals surface area contributed by atoms with Crippen LogP contribution < -0.4 is 5.32 Å². The van der Waals surface area contributed by atoms with Gasteiger partial charge in [-0.15, -0.1) is 0 Å². The summed E-state index contributed by atoms with van der Waals surface area (Å²) in [4.78, 5) is 19.2. The SMILES string of the molecule is COCCCn1ccc(NC(=O)N2CCC[C@H]2c2nc(-c3ccccc3)n[nH]2)n1. The number of rotatable bonds is 7. The van der Waals surface area contributed by atoms with Crippen LogP contribution in [0, 0.1) is 0 Å². The smallest absolute Gasteiger partial charge is 0.323 e. The van der Waals surface area contributed by atoms with Crippen LogP contribution in [0.4, 0.5) is 10.6 Å². The van der Waals surface area contributed by atoms with Crippen LogP contribution in [0.1, 0.15) is 31.1 Å². The summed E-state index contributed by atoms with van der Waals surface area (Å²) in [5, 5.41) is 14.6. The number of H-pyrrole nitrogens is 1. The maximum absolute atomic E-state index is 12.8. The number of hydrogen-bond donors (Lipinski definition) is 2. The van der Waals surface area contributed by atoms with Crippen LogP contribution in [0.25, 0.3) is 11.4 Å². The third kappa shape index (κ3) is 4.45. The third-order valence-corrected chi connectivity index (χ3v) is 4.98. The molecule has 2 amide bonds. The van der Waals surface area contributed by atoms with Crippen molar-refractivity contribution in [2.45, 2.75) is 31.8 Å². The highest BCUT2D eigenvalue weighted by molar-refractivity contribution is 5.88. The molecule has 3 heterocycles. The van der Waals surface area contributed by atoms with Crippen molar-refractivity contribution in [3.63, 3.8) is 0 Å². The van der Waals surface area contributed by atoms with Crippen molar-refractivity contribution >= 4 is 11.8 Å². The van der Waals surface area contributed by atoms with Crippen LogP contribution in [0.2, 0.25) is 0 Å². The van der Waals surface area contributed by atoms with Gasteiger partial charge in [0, 0.05) is 44.6 Å². The number of ether oxygens (including phenoxy) is 1. The molecule has 0 bridgehead atoms. The Morgan fingerprint density at radius 3 is 3.00 bits per heavy atom. The van der Waals surface area contributed by atoms with E-state index in [4.69, 9.17) is 4.74 Å². The molecule has 1 aliphatic rings. The Morgan fingerprint density at radius 2 is 2.17 bits per heavy atom. The molecule has 0 radical (unpaired) electrons. The molecule has 0 unspecified atom stereocenters. The van der Waals surface area contributed by atoms with Crippen molar-refractivity contribution in [3.8, 4) is 11.4 Å². The molecule has 9 nitrogen and oxygen atoms in total. The van der Waals surface area contributed by atoms with Gasteiger partial charge < -0.3 is 9.64 Å². The van der Waals surface area contributed by atoms with Crippen molar-refractivity contribution in [1.82, 2.24) is 29.9 Å². The Hall–Kier alpha value is -3.20. The van der Waals surface area contributed by atoms with Gasteiger partial charge in [-0.1, -0.05) is 30.3 Å². The van der Waals surface area contributed by atoms with Gasteiger partial charge in [0.05, 0.1) is 6.04 Å². The van der Waals surface area contributed by atoms with Crippen molar-refractivity contribution in [2.75, 3.05) is 25.6 Å². The molecule has 0 saturated carbocycles. The Bertz CT molecular complexity index is 937. The zero-order chi connectivity index (χ0) is 20.1. The topological polar surface area (TPSA) is 101 Å². The van der Waals surface area contributed by atoms with Crippen molar-refractivity contribution in [1.29, 1.82) is 0 Å². The maximum Gasteiger partial charge on any atom is 0.323 e. The largest absolute Gasteiger partial charge is 0.385 e. The van der Waals surface area contributed by atoms with E-state index in [0.717, 1.165) is 31.4 Å². The highest BCUT2D eigenvalue weighted by Gasteiger charge is 2.32. The molecular weight excluding hydrogens is 370 g/mol. The summed E-state index contributed by atoms with van der Waals surface area (Å²) in [6.45, 7) is 2.10. The van der Waals surface area contributed by atoms with E-state index in [0.29, 0.717) is 30.6 Å². The minimum atomic E-state index is -0.174. The number of aromatic nitrogens is 5. The normalized spacial score (nSPS) is 16.3. The minimum absolute atomic E-state index is 0.122. The highest BCUT2D eigenvalue weighted by atomic mass is 16.5. The molecule has 29 heavy (non-hydrogen) atoms. The van der Waals surface area contributed by atoms with E-state index in [2.05, 4.69) is 25.6 Å². The number of benzene rings is 1. The van der Waals surface area contributed by atoms with Crippen LogP contribution in [0.5, 0.6) is 0 Å². The number of carbonyl (C=O) groups is 1. The van der Waals surface area contributed by atoms with E-state index in [1.807, 2.05) is 36.5 Å². The summed E-state index contributed by atoms with van der Waals surface area (Å²) in [5.74, 6) is 1.89. The van der Waals surface area contributed by atoms with Crippen LogP contribution in [-0.4, -0.2) is 56.2 Å². The fourth-order valence-electron chi connectivity index (χ4n) is 3.54. The van der Waals surface area contributed by atoms with Crippen molar-refractivity contribution in [2.24, 2.45) is 0 Å². The lowest BCUT2D eigenvalue weighted by Crippen LogP contribution is -2.35. The van der Waals surface area contributed by atoms with E-state index in [1.165, 1.54) is 0 Å². The minimum Gasteiger partial charge on any atom is -0.385 e. The predicted molar refractivity (Wildman–Crippen MR) is 108 cm³/mol. The fraction of sp³-hybridized carbons (Fsp3) is 0.400. The Balaban J connectivity index is 1.41. The number of aromatic amines is 1. The lowest BCUT2D eigenvalue weighted by molar-refractivity contribution is 0.189. The van der Waals surface area contributed by atoms with Gasteiger partial charge in [-0.2, -0.15) is 10.2 Å². The van der Waals surface area contributed by atoms with Crippen LogP contribution >= 0.6 is 0 Å². The van der Waals surface area contributed by atoms with Gasteiger partial charge in [-0.05, 0) is 19.3 Å². The second-order valence-electron chi connectivity index (χ2n) is 7.00. The summed E-state index contributed by atoms with van der Waals surface area (Å²) in [7, 11) is 1.68. The van der Waals surface area contributed by atoms with Crippen LogP contribution in [0.15, 0.2) is 42.6 Å². The summed E-state index contributed by atoms with van der Waals surface area (Å²) < 4.78 is 6.86. The first-order valence-electron chi connectivity index (χ1n) is 9.82. The van der Waals surface area contributed by atoms with Gasteiger partial charge >= 0.3 is 6.03 Å². The maximum atomic E-state index is 12.8. The highest BCUT2D eigenvalue weighted by Crippen LogP contribution is 2.31. The first kappa shape index (κ1) is 19.1. The van der Waals surface area contributed by atoms with Crippen LogP contribution in [-0.2, 0) is 11.3 Å². The summed E-state index contributed by atoms with van der Waals surface area (Å²) in [6.07, 6.45) is 4.50. The van der Waals surface area contributed by atoms with Gasteiger partial charge in [0.25, 0.3) is 0 Å². The first-order chi connectivity index (χ1) is 14.2. The van der Waals surface area contributed by atoms with Gasteiger partial charge in [-0.25, -0.2) is 9.78 Å². The summed E-state index contributed by atoms with van der Waals surface area (Å²) in [6, 6.07) is 11.3. The lowest BCUT2D eigenvalue weighted by Gasteiger charge is -2.22. The number of urea groups is 1. The predicted octanol–water partition coefficient (Wildman–Crippen LogP) is 3.07. The number of methoxy groups -OCH3 is 1. The quantitative estimate of drug-likeness (QED) is 0.599. The molecule has 2 aromatic heterocycles. The van der Waals surface area contributed by atoms with E-state index >= 15 is 0 Å². The van der Waals surface area contributed by atoms with Crippen molar-refractivity contribution in [3.05, 3.63) is 48.4 Å². The second kappa shape index (κ2) is 8.87. The molecule has 0 aliphatic carbocycles. The Kier molecular flexibility index (Phi) is 5.85. The number of hydrogen-bond acceptors (Lipinski definition) is 5. The third-order valence-electron chi connectivity index (χ3n) is 4.98. The molecule has 1 aliphatic heterocycles. The second-order valence-corrected chi connectivity index (χ2v) is 7.00. The number of carbonyl (C=O) groups excluding carboxylic acids is 1. The molecule has 4 rings (SSSR count). The number of nitrogens with one attached hydrogen (secondary N) is 2. The Morgan fingerprint density at radius 1 is 1.31 bits per heavy atom. The average Bonchev–Trinajstić information content (AvgIpc) is 3.49. The number of aryl methyl sites for hydroxylation is 1. The molecule has 152 valence electrons. The van der Waals surface area contributed by atoms with E-state index in [1.54, 1.807) is 22.8 Å². The first-order valence-corrected chi connectivity index (χ1v) is 9.82. The molecule has 9 heteroatoms. The molecule has 3 aromatic rings. The molecule has 0 spiro atoms. The zero-order valence-electron chi connectivity index (χ0n) is 16.4. The van der Waals surface area contributed by atoms with Gasteiger partial charge in [0.15, 0.2) is 11.6 Å². The molecule has 2 N–H and O–H groups in total. The van der Waals surface area contributed by atoms with E-state index in [9.17, 15) is 4.79 Å². The standard InChI is InChI=1S/C20H25N7O2/c1-29-14-6-11-26-13-10-17(25-26)21-20(28)27-12-5-9-16(27)19-22-18(23-24-19)15-7-3-2-4-8-15/h2-4,7-8,10,13,16H,5-6,9,11-12,14H2,1H3,(H,21,25,28)(H,22,23,24)/t16-/m0/s1. The zero-order valence-corrected chi connectivity index (χ0v) is 16.4. The number of amides is 2. The molecular formula is C20H25N7O2. The fourth-order valence-corrected chi connectivity index (χ4v) is 3.54. The van der Waals surface area contributed by atoms with Crippen LogP contribution in [0.3, 0.4) is 0 Å². The number of likely N-dealkylation sites (tertiary alicyclic amines) is 1. The summed E-state index contributed by atoms with van der Waals surface area (Å²) in [5.41, 5.74) is 0.947. The van der Waals surface area contributed by atoms with Crippen molar-refractivity contribution < 1.29 is 9.53 Å². The monoisotopic (exact) mass is 395 g/mol. The average molecular weight is 395 g/mol. The molecule has 1 aromatic carbocycles. The number of nitrogens with zero attached hydrogens (tertiary/aromatic N) is 5. The number of anilines is 1. The molecule has 1 atom stereocenters. The van der Waals surface area contributed by atoms with E-state index in [-0.39, 0.29) is 12.1 Å². The molecule has 1 fully saturated rings. The molecule has 1 saturated heterocycles. The summed E-state index contributed by atoms with van der Waals surface area (Å²) >= 11 is 0. The van der Waals surface area contributed by atoms with Gasteiger partial charge in [0.1, 0.15) is 5.82 Å². The van der Waals surface area contributed by atoms with E-state index < -0.39 is 0 Å². The lowest BCUT2D eigenvalue weighted by atomic mass is 10.2. The van der Waals surface area contributed by atoms with Gasteiger partial charge in [-0.3, -0.25) is 15.1 Å². The van der Waals surface area contributed by atoms with Gasteiger partial charge in [0.2, 0.25) is 0 Å².